The highest BCUT2D eigenvalue weighted by molar-refractivity contribution is 9.10. The normalized spacial score (nSPS) is 8.40. The molecule has 1 aromatic rings. The Morgan fingerprint density at radius 1 is 1.53 bits per heavy atom. The second kappa shape index (κ2) is 7.99. The Kier molecular flexibility index (Phi) is 7.27. The van der Waals surface area contributed by atoms with Crippen LogP contribution in [0.1, 0.15) is 17.3 Å². The Bertz CT molecular complexity index is 328. The molecule has 0 spiro atoms. The van der Waals surface area contributed by atoms with E-state index >= 15 is 0 Å². The zero-order chi connectivity index (χ0) is 11.7. The Morgan fingerprint density at radius 2 is 2.13 bits per heavy atom. The molecule has 0 aliphatic carbocycles. The quantitative estimate of drug-likeness (QED) is 0.853. The van der Waals surface area contributed by atoms with E-state index in [9.17, 15) is 9.59 Å². The maximum Gasteiger partial charge on any atom is 0.293 e. The Hall–Kier alpha value is -1.36. The largest absolute Gasteiger partial charge is 0.468 e. The molecule has 15 heavy (non-hydrogen) atoms. The van der Waals surface area contributed by atoms with Gasteiger partial charge in [0.15, 0.2) is 0 Å². The van der Waals surface area contributed by atoms with Crippen LogP contribution in [-0.2, 0) is 9.53 Å². The maximum atomic E-state index is 10.6. The average molecular weight is 274 g/mol. The summed E-state index contributed by atoms with van der Waals surface area (Å²) in [5.41, 5.74) is 5.56. The van der Waals surface area contributed by atoms with E-state index in [1.54, 1.807) is 25.1 Å². The molecule has 1 rings (SSSR count). The average Bonchev–Trinajstić information content (AvgIpc) is 2.20. The summed E-state index contributed by atoms with van der Waals surface area (Å²) in [5, 5.41) is 0. The minimum Gasteiger partial charge on any atom is -0.468 e. The first kappa shape index (κ1) is 13.6. The van der Waals surface area contributed by atoms with Crippen LogP contribution in [0.5, 0.6) is 0 Å². The van der Waals surface area contributed by atoms with Gasteiger partial charge in [0, 0.05) is 4.47 Å². The predicted molar refractivity (Wildman–Crippen MR) is 60.3 cm³/mol. The predicted octanol–water partition coefficient (Wildman–Crippen LogP) is 1.73. The lowest BCUT2D eigenvalue weighted by molar-refractivity contribution is -0.128. The van der Waals surface area contributed by atoms with Gasteiger partial charge in [0.1, 0.15) is 0 Å². The Balaban J connectivity index is 0.000000336. The van der Waals surface area contributed by atoms with Crippen molar-refractivity contribution in [1.82, 2.24) is 0 Å². The van der Waals surface area contributed by atoms with E-state index < -0.39 is 5.91 Å². The zero-order valence-corrected chi connectivity index (χ0v) is 9.86. The van der Waals surface area contributed by atoms with Crippen LogP contribution >= 0.6 is 15.9 Å². The lowest BCUT2D eigenvalue weighted by Gasteiger charge is -1.95. The van der Waals surface area contributed by atoms with Gasteiger partial charge < -0.3 is 10.5 Å². The number of hydrogen-bond donors (Lipinski definition) is 1. The van der Waals surface area contributed by atoms with E-state index in [1.165, 1.54) is 0 Å². The number of primary amides is 1. The molecular weight excluding hydrogens is 262 g/mol. The van der Waals surface area contributed by atoms with Crippen molar-refractivity contribution in [3.05, 3.63) is 34.3 Å². The molecule has 0 fully saturated rings. The molecule has 82 valence electrons. The molecular formula is C10H12BrNO3. The highest BCUT2D eigenvalue weighted by Crippen LogP contribution is 2.14. The Morgan fingerprint density at radius 3 is 2.40 bits per heavy atom. The van der Waals surface area contributed by atoms with Gasteiger partial charge in [-0.25, -0.2) is 0 Å². The minimum absolute atomic E-state index is 0.410. The molecule has 0 bridgehead atoms. The minimum atomic E-state index is -0.410. The number of amides is 1. The van der Waals surface area contributed by atoms with Crippen molar-refractivity contribution in [2.75, 3.05) is 6.61 Å². The van der Waals surface area contributed by atoms with Crippen molar-refractivity contribution in [3.8, 4) is 0 Å². The topological polar surface area (TPSA) is 69.4 Å². The van der Waals surface area contributed by atoms with Gasteiger partial charge in [-0.05, 0) is 35.0 Å². The summed E-state index contributed by atoms with van der Waals surface area (Å²) in [6, 6.07) is 7.05. The number of rotatable bonds is 3. The molecule has 1 aromatic carbocycles. The van der Waals surface area contributed by atoms with Gasteiger partial charge in [-0.15, -0.1) is 0 Å². The fourth-order valence-electron chi connectivity index (χ4n) is 0.729. The van der Waals surface area contributed by atoms with Crippen molar-refractivity contribution in [2.45, 2.75) is 6.92 Å². The lowest BCUT2D eigenvalue weighted by atomic mass is 10.2. The van der Waals surface area contributed by atoms with Gasteiger partial charge in [0.2, 0.25) is 5.91 Å². The van der Waals surface area contributed by atoms with Crippen molar-refractivity contribution < 1.29 is 14.3 Å². The lowest BCUT2D eigenvalue weighted by Crippen LogP contribution is -2.11. The molecule has 0 saturated carbocycles. The van der Waals surface area contributed by atoms with Gasteiger partial charge in [-0.1, -0.05) is 12.1 Å². The molecule has 2 N–H and O–H groups in total. The van der Waals surface area contributed by atoms with E-state index in [1.807, 2.05) is 6.07 Å². The van der Waals surface area contributed by atoms with Gasteiger partial charge in [0.25, 0.3) is 6.47 Å². The fraction of sp³-hybridized carbons (Fsp3) is 0.200. The van der Waals surface area contributed by atoms with Crippen molar-refractivity contribution in [3.63, 3.8) is 0 Å². The van der Waals surface area contributed by atoms with Crippen LogP contribution in [0.3, 0.4) is 0 Å². The summed E-state index contributed by atoms with van der Waals surface area (Å²) in [6.07, 6.45) is 0. The van der Waals surface area contributed by atoms with Gasteiger partial charge in [0.05, 0.1) is 12.2 Å². The molecule has 0 aliphatic rings. The monoisotopic (exact) mass is 273 g/mol. The third kappa shape index (κ3) is 5.85. The number of carbonyl (C=O) groups is 2. The summed E-state index contributed by atoms with van der Waals surface area (Å²) in [7, 11) is 0. The summed E-state index contributed by atoms with van der Waals surface area (Å²) in [4.78, 5) is 19.8. The summed E-state index contributed by atoms with van der Waals surface area (Å²) < 4.78 is 4.89. The van der Waals surface area contributed by atoms with Gasteiger partial charge in [-0.2, -0.15) is 0 Å². The molecule has 0 saturated heterocycles. The van der Waals surface area contributed by atoms with Gasteiger partial charge in [-0.3, -0.25) is 9.59 Å². The smallest absolute Gasteiger partial charge is 0.293 e. The first-order chi connectivity index (χ1) is 7.13. The van der Waals surface area contributed by atoms with E-state index in [2.05, 4.69) is 20.7 Å². The molecule has 1 amide bonds. The van der Waals surface area contributed by atoms with E-state index in [4.69, 9.17) is 5.73 Å². The summed E-state index contributed by atoms with van der Waals surface area (Å²) in [6.45, 7) is 2.66. The molecule has 0 unspecified atom stereocenters. The van der Waals surface area contributed by atoms with Crippen molar-refractivity contribution in [1.29, 1.82) is 0 Å². The number of ether oxygens (including phenoxy) is 1. The molecule has 0 heterocycles. The molecule has 0 aliphatic heterocycles. The van der Waals surface area contributed by atoms with Crippen molar-refractivity contribution >= 4 is 28.3 Å². The molecule has 5 heteroatoms. The van der Waals surface area contributed by atoms with E-state index in [0.717, 1.165) is 4.47 Å². The number of carbonyl (C=O) groups excluding carboxylic acids is 2. The molecule has 0 radical (unpaired) electrons. The van der Waals surface area contributed by atoms with Crippen LogP contribution in [0.25, 0.3) is 0 Å². The van der Waals surface area contributed by atoms with Gasteiger partial charge >= 0.3 is 0 Å². The van der Waals surface area contributed by atoms with Crippen LogP contribution in [0, 0.1) is 0 Å². The molecule has 0 aromatic heterocycles. The highest BCUT2D eigenvalue weighted by atomic mass is 79.9. The molecule has 0 atom stereocenters. The number of hydrogen-bond acceptors (Lipinski definition) is 3. The van der Waals surface area contributed by atoms with Crippen molar-refractivity contribution in [2.24, 2.45) is 5.73 Å². The highest BCUT2D eigenvalue weighted by Gasteiger charge is 2.02. The zero-order valence-electron chi connectivity index (χ0n) is 8.27. The summed E-state index contributed by atoms with van der Waals surface area (Å²) in [5.74, 6) is -0.410. The van der Waals surface area contributed by atoms with Crippen LogP contribution in [-0.4, -0.2) is 19.0 Å². The van der Waals surface area contributed by atoms with Crippen LogP contribution in [0.15, 0.2) is 28.7 Å². The molecule has 4 nitrogen and oxygen atoms in total. The van der Waals surface area contributed by atoms with E-state index in [0.29, 0.717) is 18.6 Å². The second-order valence-electron chi connectivity index (χ2n) is 2.40. The second-order valence-corrected chi connectivity index (χ2v) is 3.25. The number of halogens is 1. The summed E-state index contributed by atoms with van der Waals surface area (Å²) >= 11 is 3.20. The number of benzene rings is 1. The Labute approximate surface area is 96.5 Å². The third-order valence-electron chi connectivity index (χ3n) is 1.37. The first-order valence-corrected chi connectivity index (χ1v) is 5.02. The van der Waals surface area contributed by atoms with Crippen LogP contribution in [0.2, 0.25) is 0 Å². The maximum absolute atomic E-state index is 10.6. The third-order valence-corrected chi connectivity index (χ3v) is 2.07. The van der Waals surface area contributed by atoms with Crippen LogP contribution < -0.4 is 5.73 Å². The standard InChI is InChI=1S/C7H6BrNO.C3H6O2/c8-6-4-2-1-3-5(6)7(9)10;1-2-5-3-4/h1-4H,(H2,9,10);3H,2H2,1H3. The van der Waals surface area contributed by atoms with Crippen LogP contribution in [0.4, 0.5) is 0 Å². The fourth-order valence-corrected chi connectivity index (χ4v) is 1.21. The van der Waals surface area contributed by atoms with E-state index in [-0.39, 0.29) is 0 Å². The first-order valence-electron chi connectivity index (χ1n) is 4.23. The number of nitrogens with two attached hydrogens (primary N) is 1. The SMILES string of the molecule is CCOC=O.NC(=O)c1ccccc1Br.